The van der Waals surface area contributed by atoms with Crippen LogP contribution >= 0.6 is 11.6 Å². The second kappa shape index (κ2) is 5.17. The molecule has 3 nitrogen and oxygen atoms in total. The number of benzene rings is 2. The van der Waals surface area contributed by atoms with E-state index in [4.69, 9.17) is 11.6 Å². The Morgan fingerprint density at radius 2 is 1.85 bits per heavy atom. The number of fused-ring (bicyclic) bond motifs is 1. The number of hydrogen-bond donors (Lipinski definition) is 2. The van der Waals surface area contributed by atoms with Crippen molar-refractivity contribution < 1.29 is 0 Å². The fourth-order valence-corrected chi connectivity index (χ4v) is 2.70. The Kier molecular flexibility index (Phi) is 3.36. The molecule has 0 spiro atoms. The first kappa shape index (κ1) is 13.0. The van der Waals surface area contributed by atoms with E-state index >= 15 is 0 Å². The van der Waals surface area contributed by atoms with Crippen molar-refractivity contribution in [2.45, 2.75) is 18.7 Å². The van der Waals surface area contributed by atoms with E-state index in [1.165, 1.54) is 11.1 Å². The molecule has 0 aliphatic heterocycles. The molecule has 1 heterocycles. The lowest BCUT2D eigenvalue weighted by Gasteiger charge is -2.12. The highest BCUT2D eigenvalue weighted by Gasteiger charge is 2.11. The lowest BCUT2D eigenvalue weighted by molar-refractivity contribution is 0.912. The maximum absolute atomic E-state index is 11.3. The van der Waals surface area contributed by atoms with Crippen LogP contribution in [0.15, 0.2) is 47.3 Å². The van der Waals surface area contributed by atoms with E-state index in [2.05, 4.69) is 29.0 Å². The summed E-state index contributed by atoms with van der Waals surface area (Å²) in [5, 5.41) is -0.112. The number of aromatic amines is 2. The van der Waals surface area contributed by atoms with Gasteiger partial charge in [-0.15, -0.1) is 11.6 Å². The largest absolute Gasteiger partial charge is 0.323 e. The topological polar surface area (TPSA) is 48.6 Å². The zero-order valence-corrected chi connectivity index (χ0v) is 11.9. The molecule has 0 saturated heterocycles. The molecule has 4 heteroatoms. The van der Waals surface area contributed by atoms with E-state index in [1.54, 1.807) is 0 Å². The number of aryl methyl sites for hydroxylation is 1. The van der Waals surface area contributed by atoms with Crippen molar-refractivity contribution in [3.05, 3.63) is 69.6 Å². The summed E-state index contributed by atoms with van der Waals surface area (Å²) in [5.74, 6) is 0. The molecule has 0 amide bonds. The Morgan fingerprint density at radius 3 is 2.65 bits per heavy atom. The number of alkyl halides is 1. The molecule has 2 N–H and O–H groups in total. The Labute approximate surface area is 121 Å². The third kappa shape index (κ3) is 2.49. The summed E-state index contributed by atoms with van der Waals surface area (Å²) >= 11 is 6.52. The predicted molar refractivity (Wildman–Crippen MR) is 82.4 cm³/mol. The smallest absolute Gasteiger partial charge is 0.306 e. The van der Waals surface area contributed by atoms with E-state index in [0.717, 1.165) is 23.0 Å². The summed E-state index contributed by atoms with van der Waals surface area (Å²) in [6.07, 6.45) is 0.772. The first-order valence-electron chi connectivity index (χ1n) is 6.54. The molecule has 2 aromatic carbocycles. The van der Waals surface area contributed by atoms with Crippen molar-refractivity contribution in [2.24, 2.45) is 0 Å². The van der Waals surface area contributed by atoms with Crippen LogP contribution in [0.4, 0.5) is 0 Å². The van der Waals surface area contributed by atoms with Crippen LogP contribution in [0.3, 0.4) is 0 Å². The van der Waals surface area contributed by atoms with Gasteiger partial charge in [-0.1, -0.05) is 30.3 Å². The third-order valence-electron chi connectivity index (χ3n) is 3.56. The second-order valence-electron chi connectivity index (χ2n) is 4.98. The molecular weight excluding hydrogens is 272 g/mol. The van der Waals surface area contributed by atoms with Gasteiger partial charge >= 0.3 is 5.69 Å². The van der Waals surface area contributed by atoms with Gasteiger partial charge in [0, 0.05) is 0 Å². The minimum atomic E-state index is -0.192. The van der Waals surface area contributed by atoms with E-state index in [0.29, 0.717) is 0 Å². The van der Waals surface area contributed by atoms with Crippen molar-refractivity contribution in [3.63, 3.8) is 0 Å². The fourth-order valence-electron chi connectivity index (χ4n) is 2.40. The van der Waals surface area contributed by atoms with Crippen LogP contribution in [0.2, 0.25) is 0 Å². The van der Waals surface area contributed by atoms with Crippen LogP contribution in [0.25, 0.3) is 11.0 Å². The van der Waals surface area contributed by atoms with E-state index in [-0.39, 0.29) is 11.1 Å². The molecule has 0 fully saturated rings. The molecule has 0 saturated carbocycles. The van der Waals surface area contributed by atoms with E-state index < -0.39 is 0 Å². The normalized spacial score (nSPS) is 12.7. The minimum absolute atomic E-state index is 0.112. The molecule has 3 aromatic rings. The van der Waals surface area contributed by atoms with Gasteiger partial charge in [0.15, 0.2) is 0 Å². The molecule has 0 aliphatic carbocycles. The predicted octanol–water partition coefficient (Wildman–Crippen LogP) is 3.69. The van der Waals surface area contributed by atoms with Crippen molar-refractivity contribution in [1.82, 2.24) is 9.97 Å². The highest BCUT2D eigenvalue weighted by Crippen LogP contribution is 2.27. The Balaban J connectivity index is 1.90. The molecule has 1 unspecified atom stereocenters. The van der Waals surface area contributed by atoms with Crippen molar-refractivity contribution in [1.29, 1.82) is 0 Å². The molecular formula is C16H15ClN2O. The molecule has 1 aromatic heterocycles. The fraction of sp³-hybridized carbons (Fsp3) is 0.188. The van der Waals surface area contributed by atoms with Gasteiger partial charge in [0.2, 0.25) is 0 Å². The highest BCUT2D eigenvalue weighted by atomic mass is 35.5. The van der Waals surface area contributed by atoms with Crippen LogP contribution in [0.1, 0.15) is 22.1 Å². The van der Waals surface area contributed by atoms with Crippen molar-refractivity contribution >= 4 is 22.6 Å². The minimum Gasteiger partial charge on any atom is -0.306 e. The van der Waals surface area contributed by atoms with Gasteiger partial charge in [-0.3, -0.25) is 0 Å². The quantitative estimate of drug-likeness (QED) is 0.709. The molecule has 0 radical (unpaired) electrons. The summed E-state index contributed by atoms with van der Waals surface area (Å²) in [6, 6.07) is 14.0. The molecule has 3 rings (SSSR count). The number of aromatic nitrogens is 2. The van der Waals surface area contributed by atoms with Gasteiger partial charge < -0.3 is 9.97 Å². The van der Waals surface area contributed by atoms with Gasteiger partial charge in [-0.05, 0) is 42.2 Å². The first-order chi connectivity index (χ1) is 9.63. The number of imidazole rings is 1. The standard InChI is InChI=1S/C16H15ClN2O/c1-10-4-2-3-5-11(10)8-13(17)12-6-7-14-15(9-12)19-16(20)18-14/h2-7,9,13H,8H2,1H3,(H2,18,19,20). The van der Waals surface area contributed by atoms with Gasteiger partial charge in [-0.2, -0.15) is 0 Å². The lowest BCUT2D eigenvalue weighted by atomic mass is 10.00. The maximum Gasteiger partial charge on any atom is 0.323 e. The summed E-state index contributed by atoms with van der Waals surface area (Å²) in [5.41, 5.74) is 4.91. The molecule has 20 heavy (non-hydrogen) atoms. The second-order valence-corrected chi connectivity index (χ2v) is 5.51. The molecule has 102 valence electrons. The number of nitrogens with one attached hydrogen (secondary N) is 2. The van der Waals surface area contributed by atoms with E-state index in [9.17, 15) is 4.79 Å². The summed E-state index contributed by atoms with van der Waals surface area (Å²) in [6.45, 7) is 2.09. The summed E-state index contributed by atoms with van der Waals surface area (Å²) in [4.78, 5) is 16.8. The highest BCUT2D eigenvalue weighted by molar-refractivity contribution is 6.21. The van der Waals surface area contributed by atoms with Gasteiger partial charge in [0.25, 0.3) is 0 Å². The Hall–Kier alpha value is -2.00. The first-order valence-corrected chi connectivity index (χ1v) is 6.97. The summed E-state index contributed by atoms with van der Waals surface area (Å²) in [7, 11) is 0. The van der Waals surface area contributed by atoms with Crippen molar-refractivity contribution in [2.75, 3.05) is 0 Å². The van der Waals surface area contributed by atoms with Gasteiger partial charge in [-0.25, -0.2) is 4.79 Å². The molecule has 1 atom stereocenters. The van der Waals surface area contributed by atoms with Crippen LogP contribution < -0.4 is 5.69 Å². The summed E-state index contributed by atoms with van der Waals surface area (Å²) < 4.78 is 0. The SMILES string of the molecule is Cc1ccccc1CC(Cl)c1ccc2[nH]c(=O)[nH]c2c1. The molecule has 0 bridgehead atoms. The monoisotopic (exact) mass is 286 g/mol. The Morgan fingerprint density at radius 1 is 1.10 bits per heavy atom. The van der Waals surface area contributed by atoms with Crippen LogP contribution in [0.5, 0.6) is 0 Å². The number of H-pyrrole nitrogens is 2. The van der Waals surface area contributed by atoms with Gasteiger partial charge in [0.1, 0.15) is 0 Å². The van der Waals surface area contributed by atoms with E-state index in [1.807, 2.05) is 30.3 Å². The maximum atomic E-state index is 11.3. The van der Waals surface area contributed by atoms with Crippen LogP contribution in [-0.4, -0.2) is 9.97 Å². The van der Waals surface area contributed by atoms with Crippen LogP contribution in [-0.2, 0) is 6.42 Å². The zero-order chi connectivity index (χ0) is 14.1. The van der Waals surface area contributed by atoms with Gasteiger partial charge in [0.05, 0.1) is 16.4 Å². The van der Waals surface area contributed by atoms with Crippen LogP contribution in [0, 0.1) is 6.92 Å². The third-order valence-corrected chi connectivity index (χ3v) is 3.97. The number of halogens is 1. The zero-order valence-electron chi connectivity index (χ0n) is 11.1. The van der Waals surface area contributed by atoms with Crippen molar-refractivity contribution in [3.8, 4) is 0 Å². The molecule has 0 aliphatic rings. The lowest BCUT2D eigenvalue weighted by Crippen LogP contribution is -1.99. The average Bonchev–Trinajstić information content (AvgIpc) is 2.80. The number of rotatable bonds is 3. The average molecular weight is 287 g/mol. The Bertz CT molecular complexity index is 803. The number of hydrogen-bond acceptors (Lipinski definition) is 1.